The highest BCUT2D eigenvalue weighted by atomic mass is 16.5. The molecule has 2 aromatic rings. The number of hydrogen-bond donors (Lipinski definition) is 0. The van der Waals surface area contributed by atoms with E-state index in [1.807, 2.05) is 12.1 Å². The van der Waals surface area contributed by atoms with E-state index >= 15 is 0 Å². The average molecular weight is 440 g/mol. The van der Waals surface area contributed by atoms with Gasteiger partial charge in [-0.05, 0) is 44.0 Å². The van der Waals surface area contributed by atoms with Gasteiger partial charge in [-0.15, -0.1) is 0 Å². The van der Waals surface area contributed by atoms with Gasteiger partial charge in [0, 0.05) is 43.7 Å². The molecule has 0 N–H and O–H groups in total. The molecule has 0 spiro atoms. The number of hydrogen-bond acceptors (Lipinski definition) is 6. The summed E-state index contributed by atoms with van der Waals surface area (Å²) in [6.07, 6.45) is 4.87. The van der Waals surface area contributed by atoms with Gasteiger partial charge in [0.1, 0.15) is 12.4 Å². The lowest BCUT2D eigenvalue weighted by molar-refractivity contribution is -0.151. The number of benzene rings is 1. The highest BCUT2D eigenvalue weighted by Gasteiger charge is 2.30. The summed E-state index contributed by atoms with van der Waals surface area (Å²) in [6.45, 7) is 3.28. The van der Waals surface area contributed by atoms with Crippen molar-refractivity contribution in [2.75, 3.05) is 33.3 Å². The minimum Gasteiger partial charge on any atom is -0.489 e. The molecule has 1 atom stereocenters. The minimum atomic E-state index is -0.303. The number of esters is 1. The van der Waals surface area contributed by atoms with Crippen molar-refractivity contribution in [3.8, 4) is 5.75 Å². The van der Waals surface area contributed by atoms with Gasteiger partial charge in [-0.25, -0.2) is 0 Å². The number of likely N-dealkylation sites (tertiary alicyclic amines) is 1. The van der Waals surface area contributed by atoms with Gasteiger partial charge in [0.25, 0.3) is 5.91 Å². The Morgan fingerprint density at radius 1 is 1.22 bits per heavy atom. The van der Waals surface area contributed by atoms with Gasteiger partial charge in [-0.3, -0.25) is 19.4 Å². The number of pyridine rings is 1. The van der Waals surface area contributed by atoms with Crippen LogP contribution in [0.15, 0.2) is 48.8 Å². The molecule has 2 amide bonds. The van der Waals surface area contributed by atoms with E-state index in [9.17, 15) is 14.4 Å². The zero-order valence-electron chi connectivity index (χ0n) is 18.5. The molecule has 1 saturated heterocycles. The summed E-state index contributed by atoms with van der Waals surface area (Å²) in [6, 6.07) is 10.6. The van der Waals surface area contributed by atoms with Crippen LogP contribution in [-0.2, 0) is 20.9 Å². The second-order valence-corrected chi connectivity index (χ2v) is 7.77. The quantitative estimate of drug-likeness (QED) is 0.588. The van der Waals surface area contributed by atoms with Gasteiger partial charge in [-0.1, -0.05) is 12.1 Å². The lowest BCUT2D eigenvalue weighted by atomic mass is 9.98. The molecule has 0 aliphatic carbocycles. The normalized spacial score (nSPS) is 15.7. The van der Waals surface area contributed by atoms with Gasteiger partial charge in [0.05, 0.1) is 19.1 Å². The van der Waals surface area contributed by atoms with Crippen LogP contribution in [0.1, 0.15) is 35.7 Å². The number of nitrogens with zero attached hydrogens (tertiary/aromatic N) is 3. The monoisotopic (exact) mass is 439 g/mol. The predicted octanol–water partition coefficient (Wildman–Crippen LogP) is 2.53. The van der Waals surface area contributed by atoms with Crippen molar-refractivity contribution in [1.82, 2.24) is 14.8 Å². The number of piperidine rings is 1. The molecular weight excluding hydrogens is 410 g/mol. The third-order valence-corrected chi connectivity index (χ3v) is 5.32. The van der Waals surface area contributed by atoms with Crippen molar-refractivity contribution >= 4 is 17.8 Å². The van der Waals surface area contributed by atoms with E-state index in [4.69, 9.17) is 9.47 Å². The molecule has 8 heteroatoms. The summed E-state index contributed by atoms with van der Waals surface area (Å²) in [5, 5.41) is 0. The lowest BCUT2D eigenvalue weighted by Gasteiger charge is -2.32. The first-order valence-corrected chi connectivity index (χ1v) is 10.8. The molecule has 1 aliphatic rings. The first-order chi connectivity index (χ1) is 15.5. The molecule has 32 heavy (non-hydrogen) atoms. The van der Waals surface area contributed by atoms with Crippen molar-refractivity contribution in [2.45, 2.75) is 26.4 Å². The highest BCUT2D eigenvalue weighted by Crippen LogP contribution is 2.19. The molecule has 8 nitrogen and oxygen atoms in total. The first-order valence-electron chi connectivity index (χ1n) is 10.8. The second kappa shape index (κ2) is 11.3. The summed E-state index contributed by atoms with van der Waals surface area (Å²) in [4.78, 5) is 44.7. The predicted molar refractivity (Wildman–Crippen MR) is 118 cm³/mol. The van der Waals surface area contributed by atoms with E-state index in [1.165, 1.54) is 4.90 Å². The maximum atomic E-state index is 12.9. The SMILES string of the molecule is CCOC(=O)C1CCCN(C(=O)CN(C)C(=O)c2cccc(OCc3cccnc3)c2)C1. The van der Waals surface area contributed by atoms with Crippen molar-refractivity contribution < 1.29 is 23.9 Å². The fourth-order valence-electron chi connectivity index (χ4n) is 3.62. The molecule has 1 fully saturated rings. The van der Waals surface area contributed by atoms with Crippen LogP contribution in [-0.4, -0.2) is 65.9 Å². The third-order valence-electron chi connectivity index (χ3n) is 5.32. The minimum absolute atomic E-state index is 0.0604. The Hall–Kier alpha value is -3.42. The molecule has 3 rings (SSSR count). The number of carbonyl (C=O) groups excluding carboxylic acids is 3. The third kappa shape index (κ3) is 6.29. The fourth-order valence-corrected chi connectivity index (χ4v) is 3.62. The van der Waals surface area contributed by atoms with Crippen LogP contribution in [0.2, 0.25) is 0 Å². The molecule has 1 unspecified atom stereocenters. The Balaban J connectivity index is 1.55. The number of aromatic nitrogens is 1. The van der Waals surface area contributed by atoms with Crippen LogP contribution >= 0.6 is 0 Å². The molecule has 0 radical (unpaired) electrons. The summed E-state index contributed by atoms with van der Waals surface area (Å²) >= 11 is 0. The number of carbonyl (C=O) groups is 3. The Labute approximate surface area is 188 Å². The number of rotatable bonds is 8. The molecule has 1 aromatic heterocycles. The van der Waals surface area contributed by atoms with Crippen LogP contribution in [0, 0.1) is 5.92 Å². The standard InChI is InChI=1S/C24H29N3O5/c1-3-31-24(30)20-9-6-12-27(15-20)22(28)16-26(2)23(29)19-8-4-10-21(13-19)32-17-18-7-5-11-25-14-18/h4-5,7-8,10-11,13-14,20H,3,6,9,12,15-17H2,1-2H3. The Kier molecular flexibility index (Phi) is 8.19. The van der Waals surface area contributed by atoms with Crippen molar-refractivity contribution in [1.29, 1.82) is 0 Å². The van der Waals surface area contributed by atoms with Gasteiger partial charge >= 0.3 is 5.97 Å². The number of ether oxygens (including phenoxy) is 2. The largest absolute Gasteiger partial charge is 0.489 e. The van der Waals surface area contributed by atoms with Crippen molar-refractivity contribution in [3.63, 3.8) is 0 Å². The second-order valence-electron chi connectivity index (χ2n) is 7.77. The molecule has 170 valence electrons. The topological polar surface area (TPSA) is 89.0 Å². The summed E-state index contributed by atoms with van der Waals surface area (Å²) in [5.74, 6) is -0.462. The van der Waals surface area contributed by atoms with E-state index in [-0.39, 0.29) is 30.2 Å². The average Bonchev–Trinajstić information content (AvgIpc) is 2.83. The van der Waals surface area contributed by atoms with Gasteiger partial charge < -0.3 is 19.3 Å². The van der Waals surface area contributed by atoms with Gasteiger partial charge in [-0.2, -0.15) is 0 Å². The highest BCUT2D eigenvalue weighted by molar-refractivity contribution is 5.96. The Morgan fingerprint density at radius 3 is 2.81 bits per heavy atom. The zero-order chi connectivity index (χ0) is 22.9. The van der Waals surface area contributed by atoms with Crippen molar-refractivity contribution in [2.24, 2.45) is 5.92 Å². The Bertz CT molecular complexity index is 934. The van der Waals surface area contributed by atoms with Crippen LogP contribution in [0.5, 0.6) is 5.75 Å². The van der Waals surface area contributed by atoms with E-state index in [0.717, 1.165) is 12.0 Å². The molecular formula is C24H29N3O5. The summed E-state index contributed by atoms with van der Waals surface area (Å²) in [5.41, 5.74) is 1.36. The summed E-state index contributed by atoms with van der Waals surface area (Å²) < 4.78 is 10.9. The smallest absolute Gasteiger partial charge is 0.310 e. The summed E-state index contributed by atoms with van der Waals surface area (Å²) in [7, 11) is 1.59. The molecule has 1 aromatic carbocycles. The first kappa shape index (κ1) is 23.2. The molecule has 0 saturated carbocycles. The van der Waals surface area contributed by atoms with Crippen LogP contribution < -0.4 is 4.74 Å². The van der Waals surface area contributed by atoms with Crippen LogP contribution in [0.4, 0.5) is 0 Å². The van der Waals surface area contributed by atoms with E-state index in [0.29, 0.717) is 44.0 Å². The van der Waals surface area contributed by atoms with E-state index in [2.05, 4.69) is 4.98 Å². The Morgan fingerprint density at radius 2 is 2.06 bits per heavy atom. The number of amides is 2. The molecule has 0 bridgehead atoms. The van der Waals surface area contributed by atoms with E-state index in [1.54, 1.807) is 55.5 Å². The van der Waals surface area contributed by atoms with Gasteiger partial charge in [0.2, 0.25) is 5.91 Å². The zero-order valence-corrected chi connectivity index (χ0v) is 18.5. The maximum Gasteiger partial charge on any atom is 0.310 e. The fraction of sp³-hybridized carbons (Fsp3) is 0.417. The van der Waals surface area contributed by atoms with E-state index < -0.39 is 0 Å². The van der Waals surface area contributed by atoms with Crippen LogP contribution in [0.25, 0.3) is 0 Å². The number of likely N-dealkylation sites (N-methyl/N-ethyl adjacent to an activating group) is 1. The van der Waals surface area contributed by atoms with Gasteiger partial charge in [0.15, 0.2) is 0 Å². The molecule has 2 heterocycles. The lowest BCUT2D eigenvalue weighted by Crippen LogP contribution is -2.47. The van der Waals surface area contributed by atoms with Crippen LogP contribution in [0.3, 0.4) is 0 Å². The maximum absolute atomic E-state index is 12.9. The van der Waals surface area contributed by atoms with Crippen molar-refractivity contribution in [3.05, 3.63) is 59.9 Å². The molecule has 1 aliphatic heterocycles.